The molecule has 2 aromatic carbocycles. The monoisotopic (exact) mass is 254 g/mol. The third kappa shape index (κ3) is 2.37. The van der Waals surface area contributed by atoms with Gasteiger partial charge in [0.25, 0.3) is 0 Å². The Balaban J connectivity index is 1.72. The van der Waals surface area contributed by atoms with Crippen LogP contribution in [0.15, 0.2) is 54.6 Å². The molecule has 0 spiro atoms. The summed E-state index contributed by atoms with van der Waals surface area (Å²) in [6.45, 7) is 0. The molecule has 2 unspecified atom stereocenters. The highest BCUT2D eigenvalue weighted by Crippen LogP contribution is 2.40. The van der Waals surface area contributed by atoms with E-state index in [0.29, 0.717) is 5.56 Å². The second-order valence-corrected chi connectivity index (χ2v) is 4.48. The molecule has 1 fully saturated rings. The number of ketones is 1. The van der Waals surface area contributed by atoms with Gasteiger partial charge in [-0.3, -0.25) is 4.79 Å². The van der Waals surface area contributed by atoms with E-state index < -0.39 is 0 Å². The Kier molecular flexibility index (Phi) is 3.05. The number of Topliss-reactive ketones (excluding diaryl/α,β-unsaturated/α-hetero) is 1. The van der Waals surface area contributed by atoms with Gasteiger partial charge in [0.15, 0.2) is 11.9 Å². The van der Waals surface area contributed by atoms with Crippen molar-refractivity contribution in [2.45, 2.75) is 12.2 Å². The fourth-order valence-corrected chi connectivity index (χ4v) is 2.13. The molecule has 0 N–H and O–H groups in total. The Morgan fingerprint density at radius 2 is 1.74 bits per heavy atom. The number of hydrogen-bond donors (Lipinski definition) is 0. The summed E-state index contributed by atoms with van der Waals surface area (Å²) in [5.41, 5.74) is 1.71. The zero-order valence-electron chi connectivity index (χ0n) is 10.6. The molecular formula is C16H14O3. The average molecular weight is 254 g/mol. The van der Waals surface area contributed by atoms with Crippen LogP contribution in [0.3, 0.4) is 0 Å². The minimum atomic E-state index is -0.351. The molecule has 3 nitrogen and oxygen atoms in total. The van der Waals surface area contributed by atoms with E-state index in [1.54, 1.807) is 7.11 Å². The molecule has 3 rings (SSSR count). The summed E-state index contributed by atoms with van der Waals surface area (Å²) in [6.07, 6.45) is -0.477. The molecule has 0 amide bonds. The third-order valence-electron chi connectivity index (χ3n) is 3.25. The summed E-state index contributed by atoms with van der Waals surface area (Å²) in [5.74, 6) is 0.844. The van der Waals surface area contributed by atoms with E-state index in [2.05, 4.69) is 0 Å². The Morgan fingerprint density at radius 1 is 1.05 bits per heavy atom. The number of carbonyl (C=O) groups excluding carboxylic acids is 1. The average Bonchev–Trinajstić information content (AvgIpc) is 3.28. The van der Waals surface area contributed by atoms with E-state index in [-0.39, 0.29) is 18.0 Å². The highest BCUT2D eigenvalue weighted by molar-refractivity contribution is 6.01. The summed E-state index contributed by atoms with van der Waals surface area (Å²) in [5, 5.41) is 0. The molecule has 2 atom stereocenters. The summed E-state index contributed by atoms with van der Waals surface area (Å²) in [6, 6.07) is 16.9. The molecule has 0 bridgehead atoms. The largest absolute Gasteiger partial charge is 0.497 e. The predicted octanol–water partition coefficient (Wildman–Crippen LogP) is 3.02. The van der Waals surface area contributed by atoms with Crippen molar-refractivity contribution in [3.8, 4) is 5.75 Å². The quantitative estimate of drug-likeness (QED) is 0.622. The van der Waals surface area contributed by atoms with Gasteiger partial charge in [0.1, 0.15) is 11.9 Å². The van der Waals surface area contributed by atoms with Gasteiger partial charge < -0.3 is 9.47 Å². The van der Waals surface area contributed by atoms with Gasteiger partial charge in [-0.1, -0.05) is 42.5 Å². The lowest BCUT2D eigenvalue weighted by Crippen LogP contribution is -2.07. The first kappa shape index (κ1) is 11.9. The number of methoxy groups -OCH3 is 1. The molecule has 3 heteroatoms. The van der Waals surface area contributed by atoms with Crippen molar-refractivity contribution in [1.82, 2.24) is 0 Å². The van der Waals surface area contributed by atoms with Crippen molar-refractivity contribution in [3.05, 3.63) is 65.7 Å². The maximum atomic E-state index is 12.2. The number of rotatable bonds is 4. The first-order chi connectivity index (χ1) is 9.29. The van der Waals surface area contributed by atoms with Crippen molar-refractivity contribution in [2.24, 2.45) is 0 Å². The molecule has 1 heterocycles. The summed E-state index contributed by atoms with van der Waals surface area (Å²) >= 11 is 0. The number of hydrogen-bond acceptors (Lipinski definition) is 3. The number of benzene rings is 2. The van der Waals surface area contributed by atoms with Crippen LogP contribution in [0.4, 0.5) is 0 Å². The van der Waals surface area contributed by atoms with Gasteiger partial charge in [-0.2, -0.15) is 0 Å². The van der Waals surface area contributed by atoms with Crippen LogP contribution >= 0.6 is 0 Å². The fraction of sp³-hybridized carbons (Fsp3) is 0.188. The van der Waals surface area contributed by atoms with Crippen molar-refractivity contribution in [2.75, 3.05) is 7.11 Å². The molecule has 0 saturated carbocycles. The zero-order valence-corrected chi connectivity index (χ0v) is 10.6. The lowest BCUT2D eigenvalue weighted by molar-refractivity contribution is 0.0953. The van der Waals surface area contributed by atoms with Crippen LogP contribution in [0.5, 0.6) is 5.75 Å². The van der Waals surface area contributed by atoms with Crippen LogP contribution < -0.4 is 4.74 Å². The SMILES string of the molecule is COc1ccc(C2OC2C(=O)c2ccccc2)cc1. The van der Waals surface area contributed by atoms with E-state index in [1.165, 1.54) is 0 Å². The molecule has 0 aromatic heterocycles. The minimum Gasteiger partial charge on any atom is -0.497 e. The maximum absolute atomic E-state index is 12.2. The van der Waals surface area contributed by atoms with E-state index in [0.717, 1.165) is 11.3 Å². The molecule has 1 aliphatic rings. The van der Waals surface area contributed by atoms with E-state index in [4.69, 9.17) is 9.47 Å². The van der Waals surface area contributed by atoms with E-state index in [9.17, 15) is 4.79 Å². The lowest BCUT2D eigenvalue weighted by atomic mass is 10.0. The molecular weight excluding hydrogens is 240 g/mol. The normalized spacial score (nSPS) is 20.9. The second-order valence-electron chi connectivity index (χ2n) is 4.48. The Morgan fingerprint density at radius 3 is 2.37 bits per heavy atom. The standard InChI is InChI=1S/C16H14O3/c1-18-13-9-7-12(8-10-13)15-16(19-15)14(17)11-5-3-2-4-6-11/h2-10,15-16H,1H3. The van der Waals surface area contributed by atoms with Crippen LogP contribution in [0, 0.1) is 0 Å². The highest BCUT2D eigenvalue weighted by atomic mass is 16.6. The van der Waals surface area contributed by atoms with E-state index >= 15 is 0 Å². The highest BCUT2D eigenvalue weighted by Gasteiger charge is 2.46. The zero-order chi connectivity index (χ0) is 13.2. The Hall–Kier alpha value is -2.13. The fourth-order valence-electron chi connectivity index (χ4n) is 2.13. The maximum Gasteiger partial charge on any atom is 0.194 e. The summed E-state index contributed by atoms with van der Waals surface area (Å²) in [4.78, 5) is 12.2. The molecule has 1 saturated heterocycles. The second kappa shape index (κ2) is 4.86. The van der Waals surface area contributed by atoms with Gasteiger partial charge in [0.2, 0.25) is 0 Å². The Labute approximate surface area is 111 Å². The van der Waals surface area contributed by atoms with Gasteiger partial charge in [-0.15, -0.1) is 0 Å². The van der Waals surface area contributed by atoms with Crippen LogP contribution in [0.25, 0.3) is 0 Å². The van der Waals surface area contributed by atoms with Gasteiger partial charge >= 0.3 is 0 Å². The van der Waals surface area contributed by atoms with Gasteiger partial charge in [-0.25, -0.2) is 0 Å². The van der Waals surface area contributed by atoms with Crippen LogP contribution in [0.1, 0.15) is 22.0 Å². The number of ether oxygens (including phenoxy) is 2. The van der Waals surface area contributed by atoms with Gasteiger partial charge in [0.05, 0.1) is 7.11 Å². The molecule has 0 aliphatic carbocycles. The number of epoxide rings is 1. The molecule has 96 valence electrons. The first-order valence-electron chi connectivity index (χ1n) is 6.18. The smallest absolute Gasteiger partial charge is 0.194 e. The van der Waals surface area contributed by atoms with Crippen molar-refractivity contribution in [1.29, 1.82) is 0 Å². The lowest BCUT2D eigenvalue weighted by Gasteiger charge is -2.00. The van der Waals surface area contributed by atoms with Crippen LogP contribution in [0.2, 0.25) is 0 Å². The topological polar surface area (TPSA) is 38.8 Å². The predicted molar refractivity (Wildman–Crippen MR) is 71.4 cm³/mol. The van der Waals surface area contributed by atoms with E-state index in [1.807, 2.05) is 54.6 Å². The van der Waals surface area contributed by atoms with Crippen molar-refractivity contribution in [3.63, 3.8) is 0 Å². The Bertz CT molecular complexity index is 575. The minimum absolute atomic E-state index is 0.0430. The van der Waals surface area contributed by atoms with Crippen molar-refractivity contribution < 1.29 is 14.3 Å². The summed E-state index contributed by atoms with van der Waals surface area (Å²) in [7, 11) is 1.63. The van der Waals surface area contributed by atoms with Crippen molar-refractivity contribution >= 4 is 5.78 Å². The van der Waals surface area contributed by atoms with Gasteiger partial charge in [-0.05, 0) is 17.7 Å². The molecule has 19 heavy (non-hydrogen) atoms. The molecule has 1 aliphatic heterocycles. The van der Waals surface area contributed by atoms with Crippen LogP contribution in [-0.2, 0) is 4.74 Å². The first-order valence-corrected chi connectivity index (χ1v) is 6.18. The van der Waals surface area contributed by atoms with Gasteiger partial charge in [0, 0.05) is 5.56 Å². The van der Waals surface area contributed by atoms with Crippen LogP contribution in [-0.4, -0.2) is 19.0 Å². The molecule has 2 aromatic rings. The number of carbonyl (C=O) groups is 1. The summed E-state index contributed by atoms with van der Waals surface area (Å²) < 4.78 is 10.6. The third-order valence-corrected chi connectivity index (χ3v) is 3.25. The molecule has 0 radical (unpaired) electrons.